The number of hydrogen-bond donors (Lipinski definition) is 0. The van der Waals surface area contributed by atoms with Gasteiger partial charge in [-0.25, -0.2) is 0 Å². The summed E-state index contributed by atoms with van der Waals surface area (Å²) < 4.78 is 0. The van der Waals surface area contributed by atoms with Crippen LogP contribution in [-0.2, 0) is 4.79 Å². The summed E-state index contributed by atoms with van der Waals surface area (Å²) in [6.07, 6.45) is 5.77. The van der Waals surface area contributed by atoms with Crippen LogP contribution in [0.2, 0.25) is 0 Å². The summed E-state index contributed by atoms with van der Waals surface area (Å²) in [4.78, 5) is 26.5. The van der Waals surface area contributed by atoms with Gasteiger partial charge in [0.25, 0.3) is 0 Å². The molecule has 1 unspecified atom stereocenters. The van der Waals surface area contributed by atoms with Crippen LogP contribution in [0.3, 0.4) is 0 Å². The minimum atomic E-state index is -0.0904. The van der Waals surface area contributed by atoms with Crippen molar-refractivity contribution in [2.24, 2.45) is 5.92 Å². The van der Waals surface area contributed by atoms with E-state index in [4.69, 9.17) is 6.42 Å². The third-order valence-corrected chi connectivity index (χ3v) is 3.84. The molecule has 1 aliphatic rings. The standard InChI is InChI=1S/C19H15NO2/c1-2-14-12-18(21)20(13-14)17-11-7-6-10-16(17)19(22)15-8-4-3-5-9-15/h1,3-11,14H,12-13H2. The zero-order valence-electron chi connectivity index (χ0n) is 12.0. The normalized spacial score (nSPS) is 17.3. The van der Waals surface area contributed by atoms with Gasteiger partial charge < -0.3 is 4.90 Å². The largest absolute Gasteiger partial charge is 0.310 e. The summed E-state index contributed by atoms with van der Waals surface area (Å²) in [6.45, 7) is 0.467. The lowest BCUT2D eigenvalue weighted by Crippen LogP contribution is -2.26. The molecule has 3 heteroatoms. The molecule has 0 aromatic heterocycles. The predicted molar refractivity (Wildman–Crippen MR) is 85.6 cm³/mol. The maximum Gasteiger partial charge on any atom is 0.228 e. The Morgan fingerprint density at radius 1 is 1.09 bits per heavy atom. The lowest BCUT2D eigenvalue weighted by Gasteiger charge is -2.19. The molecule has 0 aliphatic carbocycles. The molecule has 0 N–H and O–H groups in total. The van der Waals surface area contributed by atoms with Crippen LogP contribution in [0.4, 0.5) is 5.69 Å². The maximum absolute atomic E-state index is 12.7. The summed E-state index contributed by atoms with van der Waals surface area (Å²) in [5, 5.41) is 0. The van der Waals surface area contributed by atoms with E-state index in [2.05, 4.69) is 5.92 Å². The van der Waals surface area contributed by atoms with Crippen molar-refractivity contribution in [2.75, 3.05) is 11.4 Å². The van der Waals surface area contributed by atoms with Crippen molar-refractivity contribution in [1.29, 1.82) is 0 Å². The van der Waals surface area contributed by atoms with Crippen LogP contribution >= 0.6 is 0 Å². The summed E-state index contributed by atoms with van der Waals surface area (Å²) in [5.41, 5.74) is 1.77. The number of benzene rings is 2. The predicted octanol–water partition coefficient (Wildman–Crippen LogP) is 2.90. The van der Waals surface area contributed by atoms with Gasteiger partial charge >= 0.3 is 0 Å². The van der Waals surface area contributed by atoms with Gasteiger partial charge in [0.2, 0.25) is 5.91 Å². The molecular formula is C19H15NO2. The molecule has 22 heavy (non-hydrogen) atoms. The summed E-state index contributed by atoms with van der Waals surface area (Å²) in [7, 11) is 0. The number of anilines is 1. The van der Waals surface area contributed by atoms with Crippen molar-refractivity contribution < 1.29 is 9.59 Å². The third-order valence-electron chi connectivity index (χ3n) is 3.84. The molecular weight excluding hydrogens is 274 g/mol. The van der Waals surface area contributed by atoms with Crippen LogP contribution in [0.5, 0.6) is 0 Å². The molecule has 1 saturated heterocycles. The first kappa shape index (κ1) is 14.1. The Labute approximate surface area is 129 Å². The molecule has 3 nitrogen and oxygen atoms in total. The molecule has 1 heterocycles. The van der Waals surface area contributed by atoms with Gasteiger partial charge in [0.05, 0.1) is 5.69 Å². The highest BCUT2D eigenvalue weighted by atomic mass is 16.2. The average Bonchev–Trinajstić information content (AvgIpc) is 2.96. The van der Waals surface area contributed by atoms with Gasteiger partial charge in [-0.05, 0) is 12.1 Å². The summed E-state index contributed by atoms with van der Waals surface area (Å²) >= 11 is 0. The van der Waals surface area contributed by atoms with Gasteiger partial charge in [-0.1, -0.05) is 42.5 Å². The van der Waals surface area contributed by atoms with E-state index in [9.17, 15) is 9.59 Å². The molecule has 3 rings (SSSR count). The van der Waals surface area contributed by atoms with Crippen molar-refractivity contribution >= 4 is 17.4 Å². The molecule has 1 aliphatic heterocycles. The number of terminal acetylenes is 1. The lowest BCUT2D eigenvalue weighted by atomic mass is 10.0. The number of ketones is 1. The summed E-state index contributed by atoms with van der Waals surface area (Å²) in [6, 6.07) is 16.2. The van der Waals surface area contributed by atoms with Gasteiger partial charge in [0.15, 0.2) is 5.78 Å². The molecule has 0 saturated carbocycles. The van der Waals surface area contributed by atoms with Crippen LogP contribution in [0.15, 0.2) is 54.6 Å². The van der Waals surface area contributed by atoms with Crippen LogP contribution in [0, 0.1) is 18.3 Å². The maximum atomic E-state index is 12.7. The highest BCUT2D eigenvalue weighted by Gasteiger charge is 2.31. The van der Waals surface area contributed by atoms with Crippen LogP contribution in [-0.4, -0.2) is 18.2 Å². The molecule has 1 amide bonds. The minimum absolute atomic E-state index is 0.0312. The zero-order valence-corrected chi connectivity index (χ0v) is 12.0. The Bertz CT molecular complexity index is 759. The van der Waals surface area contributed by atoms with E-state index in [1.807, 2.05) is 24.3 Å². The molecule has 0 bridgehead atoms. The zero-order chi connectivity index (χ0) is 15.5. The fraction of sp³-hybridized carbons (Fsp3) is 0.158. The summed E-state index contributed by atoms with van der Waals surface area (Å²) in [5.74, 6) is 2.42. The van der Waals surface area contributed by atoms with Gasteiger partial charge in [0, 0.05) is 30.0 Å². The number of carbonyl (C=O) groups is 2. The number of rotatable bonds is 3. The number of para-hydroxylation sites is 1. The third kappa shape index (κ3) is 2.51. The van der Waals surface area contributed by atoms with E-state index in [1.165, 1.54) is 0 Å². The minimum Gasteiger partial charge on any atom is -0.310 e. The lowest BCUT2D eigenvalue weighted by molar-refractivity contribution is -0.117. The monoisotopic (exact) mass is 289 g/mol. The number of nitrogens with zero attached hydrogens (tertiary/aromatic N) is 1. The van der Waals surface area contributed by atoms with E-state index in [0.717, 1.165) is 0 Å². The molecule has 0 spiro atoms. The van der Waals surface area contributed by atoms with E-state index in [0.29, 0.717) is 29.8 Å². The van der Waals surface area contributed by atoms with Crippen molar-refractivity contribution in [3.8, 4) is 12.3 Å². The molecule has 2 aromatic carbocycles. The van der Waals surface area contributed by atoms with Crippen molar-refractivity contribution in [3.63, 3.8) is 0 Å². The first-order valence-electron chi connectivity index (χ1n) is 7.16. The fourth-order valence-corrected chi connectivity index (χ4v) is 2.70. The Morgan fingerprint density at radius 2 is 1.77 bits per heavy atom. The van der Waals surface area contributed by atoms with Crippen LogP contribution in [0.25, 0.3) is 0 Å². The average molecular weight is 289 g/mol. The van der Waals surface area contributed by atoms with E-state index in [1.54, 1.807) is 35.2 Å². The second-order valence-corrected chi connectivity index (χ2v) is 5.28. The van der Waals surface area contributed by atoms with E-state index >= 15 is 0 Å². The topological polar surface area (TPSA) is 37.4 Å². The SMILES string of the molecule is C#CC1CC(=O)N(c2ccccc2C(=O)c2ccccc2)C1. The molecule has 108 valence electrons. The molecule has 1 fully saturated rings. The van der Waals surface area contributed by atoms with Gasteiger partial charge in [-0.3, -0.25) is 9.59 Å². The first-order chi connectivity index (χ1) is 10.7. The number of carbonyl (C=O) groups excluding carboxylic acids is 2. The number of amides is 1. The Kier molecular flexibility index (Phi) is 3.76. The van der Waals surface area contributed by atoms with Crippen LogP contribution < -0.4 is 4.90 Å². The Morgan fingerprint density at radius 3 is 2.45 bits per heavy atom. The van der Waals surface area contributed by atoms with Crippen molar-refractivity contribution in [1.82, 2.24) is 0 Å². The molecule has 0 radical (unpaired) electrons. The Hall–Kier alpha value is -2.86. The first-order valence-corrected chi connectivity index (χ1v) is 7.16. The van der Waals surface area contributed by atoms with Crippen LogP contribution in [0.1, 0.15) is 22.3 Å². The highest BCUT2D eigenvalue weighted by Crippen LogP contribution is 2.29. The van der Waals surface area contributed by atoms with Crippen molar-refractivity contribution in [3.05, 3.63) is 65.7 Å². The van der Waals surface area contributed by atoms with Crippen molar-refractivity contribution in [2.45, 2.75) is 6.42 Å². The second kappa shape index (κ2) is 5.87. The van der Waals surface area contributed by atoms with Gasteiger partial charge in [-0.15, -0.1) is 12.3 Å². The van der Waals surface area contributed by atoms with Gasteiger partial charge in [-0.2, -0.15) is 0 Å². The van der Waals surface area contributed by atoms with E-state index < -0.39 is 0 Å². The van der Waals surface area contributed by atoms with E-state index in [-0.39, 0.29) is 17.6 Å². The Balaban J connectivity index is 2.00. The fourth-order valence-electron chi connectivity index (χ4n) is 2.70. The quantitative estimate of drug-likeness (QED) is 0.643. The number of hydrogen-bond acceptors (Lipinski definition) is 2. The van der Waals surface area contributed by atoms with Gasteiger partial charge in [0.1, 0.15) is 0 Å². The molecule has 2 aromatic rings. The highest BCUT2D eigenvalue weighted by molar-refractivity contribution is 6.14. The molecule has 1 atom stereocenters. The second-order valence-electron chi connectivity index (χ2n) is 5.28. The smallest absolute Gasteiger partial charge is 0.228 e.